The zero-order valence-corrected chi connectivity index (χ0v) is 20.2. The number of aliphatic hydroxyl groups excluding tert-OH is 1. The summed E-state index contributed by atoms with van der Waals surface area (Å²) < 4.78 is 28.9. The molecule has 0 radical (unpaired) electrons. The second-order valence-electron chi connectivity index (χ2n) is 9.28. The van der Waals surface area contributed by atoms with Crippen LogP contribution < -0.4 is 0 Å². The smallest absolute Gasteiger partial charge is 0.243 e. The van der Waals surface area contributed by atoms with Crippen LogP contribution in [0.2, 0.25) is 0 Å². The van der Waals surface area contributed by atoms with Gasteiger partial charge in [0.1, 0.15) is 0 Å². The molecular formula is C27H31N3O3S. The Labute approximate surface area is 201 Å². The maximum atomic E-state index is 13.6. The van der Waals surface area contributed by atoms with E-state index in [1.165, 1.54) is 0 Å². The fraction of sp³-hybridized carbons (Fsp3) is 0.370. The van der Waals surface area contributed by atoms with E-state index in [4.69, 9.17) is 0 Å². The largest absolute Gasteiger partial charge is 0.395 e. The van der Waals surface area contributed by atoms with Gasteiger partial charge in [0.05, 0.1) is 11.5 Å². The number of rotatable bonds is 5. The van der Waals surface area contributed by atoms with Crippen LogP contribution >= 0.6 is 0 Å². The standard InChI is InChI=1S/C27H31N3O3S/c1-20-7-2-3-9-26(20)34(32,33)29-15-4-5-16-30-24(18-29)27(25(30)19-31)22-12-10-21(11-13-22)23-8-6-14-28-17-23/h2-3,6-14,17,24-25,27,31H,4-5,15-16,18-19H2,1H3/t24-,25-,27+/m0/s1. The number of pyridine rings is 1. The van der Waals surface area contributed by atoms with E-state index >= 15 is 0 Å². The van der Waals surface area contributed by atoms with Crippen molar-refractivity contribution in [2.24, 2.45) is 0 Å². The molecule has 2 fully saturated rings. The van der Waals surface area contributed by atoms with Gasteiger partial charge in [-0.3, -0.25) is 9.88 Å². The number of hydrogen-bond acceptors (Lipinski definition) is 5. The van der Waals surface area contributed by atoms with Crippen molar-refractivity contribution in [1.82, 2.24) is 14.2 Å². The van der Waals surface area contributed by atoms with Gasteiger partial charge < -0.3 is 5.11 Å². The monoisotopic (exact) mass is 477 g/mol. The quantitative estimate of drug-likeness (QED) is 0.607. The predicted octanol–water partition coefficient (Wildman–Crippen LogP) is 3.67. The summed E-state index contributed by atoms with van der Waals surface area (Å²) in [5, 5.41) is 10.2. The third-order valence-corrected chi connectivity index (χ3v) is 9.36. The molecule has 1 N–H and O–H groups in total. The summed E-state index contributed by atoms with van der Waals surface area (Å²) in [4.78, 5) is 6.90. The minimum absolute atomic E-state index is 0.00959. The molecule has 3 heterocycles. The van der Waals surface area contributed by atoms with Gasteiger partial charge in [-0.15, -0.1) is 0 Å². The Morgan fingerprint density at radius 2 is 1.74 bits per heavy atom. The number of aliphatic hydroxyl groups is 1. The zero-order chi connectivity index (χ0) is 23.7. The maximum Gasteiger partial charge on any atom is 0.243 e. The van der Waals surface area contributed by atoms with Crippen molar-refractivity contribution in [3.05, 3.63) is 84.2 Å². The molecule has 0 aliphatic carbocycles. The highest BCUT2D eigenvalue weighted by atomic mass is 32.2. The molecule has 0 saturated carbocycles. The Bertz CT molecular complexity index is 1230. The average Bonchev–Trinajstić information content (AvgIpc) is 2.84. The van der Waals surface area contributed by atoms with Crippen LogP contribution in [0.1, 0.15) is 29.9 Å². The van der Waals surface area contributed by atoms with E-state index in [1.807, 2.05) is 37.4 Å². The summed E-state index contributed by atoms with van der Waals surface area (Å²) in [5.41, 5.74) is 4.06. The highest BCUT2D eigenvalue weighted by Crippen LogP contribution is 2.43. The van der Waals surface area contributed by atoms with Crippen LogP contribution in [0, 0.1) is 6.92 Å². The van der Waals surface area contributed by atoms with Crippen LogP contribution in [0.4, 0.5) is 0 Å². The molecule has 3 aromatic rings. The summed E-state index contributed by atoms with van der Waals surface area (Å²) in [6.07, 6.45) is 5.34. The summed E-state index contributed by atoms with van der Waals surface area (Å²) >= 11 is 0. The molecule has 0 amide bonds. The van der Waals surface area contributed by atoms with Crippen molar-refractivity contribution in [2.45, 2.75) is 42.7 Å². The minimum atomic E-state index is -3.59. The highest BCUT2D eigenvalue weighted by molar-refractivity contribution is 7.89. The van der Waals surface area contributed by atoms with Crippen molar-refractivity contribution in [3.8, 4) is 11.1 Å². The van der Waals surface area contributed by atoms with Gasteiger partial charge in [0, 0.05) is 43.5 Å². The van der Waals surface area contributed by atoms with Gasteiger partial charge in [0.15, 0.2) is 0 Å². The average molecular weight is 478 g/mol. The third-order valence-electron chi connectivity index (χ3n) is 7.33. The molecule has 2 aromatic carbocycles. The lowest BCUT2D eigenvalue weighted by Crippen LogP contribution is -2.67. The van der Waals surface area contributed by atoms with E-state index in [-0.39, 0.29) is 24.6 Å². The second-order valence-corrected chi connectivity index (χ2v) is 11.2. The van der Waals surface area contributed by atoms with Gasteiger partial charge in [-0.25, -0.2) is 8.42 Å². The van der Waals surface area contributed by atoms with Gasteiger partial charge >= 0.3 is 0 Å². The first-order chi connectivity index (χ1) is 16.5. The SMILES string of the molecule is Cc1ccccc1S(=O)(=O)N1CCCCN2[C@@H](CO)[C@H](c3ccc(-c4cccnc4)cc3)[C@@H]2C1. The summed E-state index contributed by atoms with van der Waals surface area (Å²) in [5.74, 6) is 0.0839. The lowest BCUT2D eigenvalue weighted by atomic mass is 9.74. The molecule has 0 unspecified atom stereocenters. The summed E-state index contributed by atoms with van der Waals surface area (Å²) in [6, 6.07) is 19.6. The molecule has 0 bridgehead atoms. The Morgan fingerprint density at radius 3 is 2.44 bits per heavy atom. The third kappa shape index (κ3) is 4.18. The molecule has 2 saturated heterocycles. The van der Waals surface area contributed by atoms with Crippen molar-refractivity contribution in [1.29, 1.82) is 0 Å². The van der Waals surface area contributed by atoms with E-state index in [0.717, 1.165) is 41.6 Å². The van der Waals surface area contributed by atoms with Crippen LogP contribution in [-0.4, -0.2) is 66.0 Å². The van der Waals surface area contributed by atoms with Crippen LogP contribution in [0.15, 0.2) is 78.0 Å². The van der Waals surface area contributed by atoms with Gasteiger partial charge in [-0.05, 0) is 60.7 Å². The molecule has 3 atom stereocenters. The van der Waals surface area contributed by atoms with Gasteiger partial charge in [0.25, 0.3) is 0 Å². The van der Waals surface area contributed by atoms with Gasteiger partial charge in [-0.2, -0.15) is 4.31 Å². The molecular weight excluding hydrogens is 446 g/mol. The van der Waals surface area contributed by atoms with E-state index in [1.54, 1.807) is 22.6 Å². The number of fused-ring (bicyclic) bond motifs is 1. The van der Waals surface area contributed by atoms with Crippen LogP contribution in [-0.2, 0) is 10.0 Å². The number of aryl methyl sites for hydroxylation is 1. The fourth-order valence-electron chi connectivity index (χ4n) is 5.54. The van der Waals surface area contributed by atoms with Crippen LogP contribution in [0.25, 0.3) is 11.1 Å². The Balaban J connectivity index is 1.44. The number of sulfonamides is 1. The number of benzene rings is 2. The molecule has 34 heavy (non-hydrogen) atoms. The van der Waals surface area contributed by atoms with Crippen molar-refractivity contribution < 1.29 is 13.5 Å². The molecule has 5 rings (SSSR count). The molecule has 2 aliphatic heterocycles. The van der Waals surface area contributed by atoms with Crippen LogP contribution in [0.5, 0.6) is 0 Å². The van der Waals surface area contributed by atoms with Gasteiger partial charge in [0.2, 0.25) is 10.0 Å². The van der Waals surface area contributed by atoms with E-state index in [2.05, 4.69) is 34.1 Å². The fourth-order valence-corrected chi connectivity index (χ4v) is 7.27. The lowest BCUT2D eigenvalue weighted by Gasteiger charge is -2.57. The summed E-state index contributed by atoms with van der Waals surface area (Å²) in [7, 11) is -3.59. The molecule has 1 aromatic heterocycles. The van der Waals surface area contributed by atoms with Gasteiger partial charge in [-0.1, -0.05) is 48.5 Å². The predicted molar refractivity (Wildman–Crippen MR) is 133 cm³/mol. The lowest BCUT2D eigenvalue weighted by molar-refractivity contribution is -0.0553. The molecule has 178 valence electrons. The number of hydrogen-bond donors (Lipinski definition) is 1. The Morgan fingerprint density at radius 1 is 0.971 bits per heavy atom. The van der Waals surface area contributed by atoms with Crippen LogP contribution in [0.3, 0.4) is 0 Å². The molecule has 6 nitrogen and oxygen atoms in total. The minimum Gasteiger partial charge on any atom is -0.395 e. The second kappa shape index (κ2) is 9.58. The number of nitrogens with zero attached hydrogens (tertiary/aromatic N) is 3. The van der Waals surface area contributed by atoms with E-state index < -0.39 is 10.0 Å². The first kappa shape index (κ1) is 23.2. The summed E-state index contributed by atoms with van der Waals surface area (Å²) in [6.45, 7) is 3.76. The van der Waals surface area contributed by atoms with Crippen molar-refractivity contribution >= 4 is 10.0 Å². The Hall–Kier alpha value is -2.58. The topological polar surface area (TPSA) is 73.7 Å². The first-order valence-electron chi connectivity index (χ1n) is 11.9. The molecule has 2 aliphatic rings. The molecule has 7 heteroatoms. The van der Waals surface area contributed by atoms with E-state index in [9.17, 15) is 13.5 Å². The zero-order valence-electron chi connectivity index (χ0n) is 19.4. The van der Waals surface area contributed by atoms with Crippen molar-refractivity contribution in [3.63, 3.8) is 0 Å². The van der Waals surface area contributed by atoms with Crippen molar-refractivity contribution in [2.75, 3.05) is 26.2 Å². The Kier molecular flexibility index (Phi) is 6.53. The maximum absolute atomic E-state index is 13.6. The van der Waals surface area contributed by atoms with E-state index in [0.29, 0.717) is 18.0 Å². The molecule has 0 spiro atoms. The normalized spacial score (nSPS) is 24.0. The number of aromatic nitrogens is 1. The highest BCUT2D eigenvalue weighted by Gasteiger charge is 2.50. The first-order valence-corrected chi connectivity index (χ1v) is 13.4.